The van der Waals surface area contributed by atoms with E-state index in [9.17, 15) is 4.79 Å². The molecule has 3 aromatic rings. The minimum atomic E-state index is -0.0401. The van der Waals surface area contributed by atoms with Crippen LogP contribution in [0.5, 0.6) is 11.5 Å². The van der Waals surface area contributed by atoms with Crippen molar-refractivity contribution < 1.29 is 14.3 Å². The Morgan fingerprint density at radius 2 is 1.24 bits per heavy atom. The molecule has 3 aromatic carbocycles. The fraction of sp³-hybridized carbons (Fsp3) is 0.321. The van der Waals surface area contributed by atoms with Gasteiger partial charge in [0.1, 0.15) is 17.3 Å². The molecule has 0 spiro atoms. The van der Waals surface area contributed by atoms with Crippen LogP contribution in [0.1, 0.15) is 35.4 Å². The van der Waals surface area contributed by atoms with Gasteiger partial charge in [0.2, 0.25) is 0 Å². The molecule has 172 valence electrons. The van der Waals surface area contributed by atoms with Crippen LogP contribution < -0.4 is 9.47 Å². The molecule has 0 saturated heterocycles. The quantitative estimate of drug-likeness (QED) is 0.296. The zero-order valence-electron chi connectivity index (χ0n) is 18.9. The summed E-state index contributed by atoms with van der Waals surface area (Å²) in [4.78, 5) is 13.7. The number of ketones is 1. The van der Waals surface area contributed by atoms with Crippen molar-refractivity contribution >= 4 is 37.6 Å². The second-order valence-corrected chi connectivity index (χ2v) is 10.4. The zero-order valence-corrected chi connectivity index (χ0v) is 22.1. The van der Waals surface area contributed by atoms with E-state index in [2.05, 4.69) is 56.1 Å². The van der Waals surface area contributed by atoms with Crippen LogP contribution in [0.2, 0.25) is 0 Å². The average molecular weight is 572 g/mol. The first-order valence-corrected chi connectivity index (χ1v) is 12.8. The van der Waals surface area contributed by atoms with Crippen LogP contribution in [0.4, 0.5) is 0 Å². The van der Waals surface area contributed by atoms with E-state index in [1.165, 1.54) is 5.56 Å². The number of methoxy groups -OCH3 is 2. The standard InChI is InChI=1S/C28H28Br2O3/c1-32-24-8-10-26(29)20(16-24)14-22-12-19(18-6-4-3-5-7-18)13-23(28(22)31)15-21-17-25(33-2)9-11-27(21)30/h3-11,16-17,19,22-23H,12-15H2,1-2H3/t22-,23-/m0/s1. The highest BCUT2D eigenvalue weighted by atomic mass is 79.9. The smallest absolute Gasteiger partial charge is 0.139 e. The van der Waals surface area contributed by atoms with Gasteiger partial charge in [0, 0.05) is 20.8 Å². The van der Waals surface area contributed by atoms with Gasteiger partial charge in [-0.05, 0) is 84.7 Å². The summed E-state index contributed by atoms with van der Waals surface area (Å²) in [6, 6.07) is 22.6. The van der Waals surface area contributed by atoms with E-state index in [1.54, 1.807) is 14.2 Å². The molecule has 33 heavy (non-hydrogen) atoms. The van der Waals surface area contributed by atoms with Crippen LogP contribution in [0, 0.1) is 11.8 Å². The summed E-state index contributed by atoms with van der Waals surface area (Å²) in [6.07, 6.45) is 3.13. The van der Waals surface area contributed by atoms with Crippen molar-refractivity contribution in [2.24, 2.45) is 11.8 Å². The largest absolute Gasteiger partial charge is 0.497 e. The highest BCUT2D eigenvalue weighted by Crippen LogP contribution is 2.41. The first-order chi connectivity index (χ1) is 16.0. The first kappa shape index (κ1) is 24.0. The third-order valence-corrected chi connectivity index (χ3v) is 8.20. The maximum absolute atomic E-state index is 13.7. The molecule has 1 saturated carbocycles. The fourth-order valence-electron chi connectivity index (χ4n) is 4.91. The number of carbonyl (C=O) groups excluding carboxylic acids is 1. The van der Waals surface area contributed by atoms with Gasteiger partial charge >= 0.3 is 0 Å². The lowest BCUT2D eigenvalue weighted by molar-refractivity contribution is -0.129. The number of carbonyl (C=O) groups is 1. The van der Waals surface area contributed by atoms with Crippen molar-refractivity contribution in [1.29, 1.82) is 0 Å². The first-order valence-electron chi connectivity index (χ1n) is 11.2. The predicted octanol–water partition coefficient (Wildman–Crippen LogP) is 7.39. The van der Waals surface area contributed by atoms with Gasteiger partial charge in [-0.1, -0.05) is 62.2 Å². The summed E-state index contributed by atoms with van der Waals surface area (Å²) >= 11 is 7.35. The Hall–Kier alpha value is -2.11. The Bertz CT molecular complexity index is 1050. The Morgan fingerprint density at radius 1 is 0.758 bits per heavy atom. The number of halogens is 2. The topological polar surface area (TPSA) is 35.5 Å². The van der Waals surface area contributed by atoms with Gasteiger partial charge in [0.05, 0.1) is 14.2 Å². The lowest BCUT2D eigenvalue weighted by Crippen LogP contribution is -2.35. The van der Waals surface area contributed by atoms with E-state index in [0.29, 0.717) is 24.5 Å². The molecule has 1 aliphatic carbocycles. The number of rotatable bonds is 7. The number of hydrogen-bond donors (Lipinski definition) is 0. The second kappa shape index (κ2) is 10.9. The predicted molar refractivity (Wildman–Crippen MR) is 139 cm³/mol. The van der Waals surface area contributed by atoms with Crippen molar-refractivity contribution in [3.05, 3.63) is 92.4 Å². The molecular formula is C28H28Br2O3. The van der Waals surface area contributed by atoms with Crippen molar-refractivity contribution in [1.82, 2.24) is 0 Å². The number of hydrogen-bond acceptors (Lipinski definition) is 3. The van der Waals surface area contributed by atoms with E-state index in [0.717, 1.165) is 44.4 Å². The monoisotopic (exact) mass is 570 g/mol. The molecular weight excluding hydrogens is 544 g/mol. The molecule has 2 atom stereocenters. The Balaban J connectivity index is 1.64. The maximum Gasteiger partial charge on any atom is 0.139 e. The minimum Gasteiger partial charge on any atom is -0.497 e. The molecule has 3 nitrogen and oxygen atoms in total. The molecule has 5 heteroatoms. The SMILES string of the molecule is COc1ccc(Br)c(C[C@@H]2CC(c3ccccc3)C[C@@H](Cc3cc(OC)ccc3Br)C2=O)c1. The van der Waals surface area contributed by atoms with Crippen LogP contribution in [-0.2, 0) is 17.6 Å². The van der Waals surface area contributed by atoms with Gasteiger partial charge in [-0.15, -0.1) is 0 Å². The zero-order chi connectivity index (χ0) is 23.4. The Kier molecular flexibility index (Phi) is 7.92. The molecule has 0 amide bonds. The van der Waals surface area contributed by atoms with Gasteiger partial charge in [-0.25, -0.2) is 0 Å². The van der Waals surface area contributed by atoms with E-state index < -0.39 is 0 Å². The lowest BCUT2D eigenvalue weighted by atomic mass is 9.68. The highest BCUT2D eigenvalue weighted by molar-refractivity contribution is 9.10. The molecule has 0 aromatic heterocycles. The summed E-state index contributed by atoms with van der Waals surface area (Å²) in [5, 5.41) is 0. The van der Waals surface area contributed by atoms with Crippen molar-refractivity contribution in [2.75, 3.05) is 14.2 Å². The van der Waals surface area contributed by atoms with Gasteiger partial charge in [0.15, 0.2) is 0 Å². The lowest BCUT2D eigenvalue weighted by Gasteiger charge is -2.35. The maximum atomic E-state index is 13.7. The van der Waals surface area contributed by atoms with Crippen LogP contribution in [0.15, 0.2) is 75.7 Å². The fourth-order valence-corrected chi connectivity index (χ4v) is 5.73. The molecule has 1 aliphatic rings. The molecule has 0 unspecified atom stereocenters. The summed E-state index contributed by atoms with van der Waals surface area (Å²) in [5.41, 5.74) is 3.54. The summed E-state index contributed by atoms with van der Waals surface area (Å²) in [6.45, 7) is 0. The van der Waals surface area contributed by atoms with Crippen LogP contribution in [0.25, 0.3) is 0 Å². The third-order valence-electron chi connectivity index (χ3n) is 6.65. The highest BCUT2D eigenvalue weighted by Gasteiger charge is 2.37. The second-order valence-electron chi connectivity index (χ2n) is 8.70. The van der Waals surface area contributed by atoms with Gasteiger partial charge in [-0.2, -0.15) is 0 Å². The van der Waals surface area contributed by atoms with Gasteiger partial charge in [0.25, 0.3) is 0 Å². The van der Waals surface area contributed by atoms with E-state index in [-0.39, 0.29) is 11.8 Å². The number of ether oxygens (including phenoxy) is 2. The normalized spacial score (nSPS) is 20.5. The summed E-state index contributed by atoms with van der Waals surface area (Å²) in [7, 11) is 3.35. The van der Waals surface area contributed by atoms with Crippen molar-refractivity contribution in [3.63, 3.8) is 0 Å². The van der Waals surface area contributed by atoms with Crippen molar-refractivity contribution in [2.45, 2.75) is 31.6 Å². The summed E-state index contributed by atoms with van der Waals surface area (Å²) < 4.78 is 12.9. The molecule has 1 fully saturated rings. The Labute approximate surface area is 212 Å². The number of benzene rings is 3. The molecule has 0 aliphatic heterocycles. The van der Waals surface area contributed by atoms with Crippen LogP contribution in [-0.4, -0.2) is 20.0 Å². The molecule has 4 rings (SSSR count). The van der Waals surface area contributed by atoms with Crippen molar-refractivity contribution in [3.8, 4) is 11.5 Å². The summed E-state index contributed by atoms with van der Waals surface area (Å²) in [5.74, 6) is 2.25. The Morgan fingerprint density at radius 3 is 1.70 bits per heavy atom. The molecule has 0 N–H and O–H groups in total. The van der Waals surface area contributed by atoms with Crippen LogP contribution >= 0.6 is 31.9 Å². The molecule has 0 bridgehead atoms. The number of Topliss-reactive ketones (excluding diaryl/α,β-unsaturated/α-hetero) is 1. The average Bonchev–Trinajstić information content (AvgIpc) is 2.84. The van der Waals surface area contributed by atoms with Gasteiger partial charge < -0.3 is 9.47 Å². The van der Waals surface area contributed by atoms with E-state index in [4.69, 9.17) is 9.47 Å². The van der Waals surface area contributed by atoms with Gasteiger partial charge in [-0.3, -0.25) is 4.79 Å². The minimum absolute atomic E-state index is 0.0401. The molecule has 0 radical (unpaired) electrons. The van der Waals surface area contributed by atoms with Crippen LogP contribution in [0.3, 0.4) is 0 Å². The third kappa shape index (κ3) is 5.70. The van der Waals surface area contributed by atoms with E-state index in [1.807, 2.05) is 42.5 Å². The molecule has 0 heterocycles. The van der Waals surface area contributed by atoms with E-state index >= 15 is 0 Å².